The molecule has 0 aliphatic rings. The minimum Gasteiger partial charge on any atom is -0.383 e. The third kappa shape index (κ3) is 4.69. The van der Waals surface area contributed by atoms with Crippen LogP contribution < -0.4 is 16.4 Å². The fourth-order valence-corrected chi connectivity index (χ4v) is 4.48. The van der Waals surface area contributed by atoms with E-state index >= 15 is 0 Å². The van der Waals surface area contributed by atoms with Crippen molar-refractivity contribution in [2.24, 2.45) is 0 Å². The number of nitrogens with two attached hydrogens (primary N) is 1. The van der Waals surface area contributed by atoms with Crippen LogP contribution in [-0.4, -0.2) is 25.8 Å². The standard InChI is InChI=1S/C25H21N7OS/c26-23-20-12-17(3-5-21(20)31-15-32-23)22-6-4-18(34-22)14-29-24-19(2-1-9-28-24)25(33)30-13-16-7-10-27-11-8-16/h1-12,15H,13-14H2,(H,28,29)(H,30,33)(H2,26,31,32). The molecule has 1 amide bonds. The Labute approximate surface area is 199 Å². The number of amides is 1. The maximum Gasteiger partial charge on any atom is 0.255 e. The Hall–Kier alpha value is -4.37. The van der Waals surface area contributed by atoms with E-state index in [1.165, 1.54) is 6.33 Å². The molecule has 0 saturated carbocycles. The Kier molecular flexibility index (Phi) is 6.09. The van der Waals surface area contributed by atoms with Gasteiger partial charge < -0.3 is 16.4 Å². The van der Waals surface area contributed by atoms with E-state index in [4.69, 9.17) is 5.73 Å². The van der Waals surface area contributed by atoms with Gasteiger partial charge in [-0.05, 0) is 59.7 Å². The molecule has 8 nitrogen and oxygen atoms in total. The topological polar surface area (TPSA) is 119 Å². The molecular weight excluding hydrogens is 446 g/mol. The van der Waals surface area contributed by atoms with Crippen molar-refractivity contribution in [2.45, 2.75) is 13.1 Å². The molecule has 1 aromatic carbocycles. The number of anilines is 2. The highest BCUT2D eigenvalue weighted by molar-refractivity contribution is 7.15. The van der Waals surface area contributed by atoms with Gasteiger partial charge in [0.05, 0.1) is 17.6 Å². The number of carbonyl (C=O) groups excluding carboxylic acids is 1. The molecule has 5 aromatic rings. The molecule has 0 bridgehead atoms. The zero-order valence-corrected chi connectivity index (χ0v) is 18.9. The number of nitrogen functional groups attached to an aromatic ring is 1. The zero-order valence-electron chi connectivity index (χ0n) is 18.1. The van der Waals surface area contributed by atoms with Crippen LogP contribution in [0.3, 0.4) is 0 Å². The molecule has 0 radical (unpaired) electrons. The van der Waals surface area contributed by atoms with Crippen LogP contribution in [0.2, 0.25) is 0 Å². The zero-order chi connectivity index (χ0) is 23.3. The van der Waals surface area contributed by atoms with Crippen LogP contribution in [0.15, 0.2) is 79.5 Å². The quantitative estimate of drug-likeness (QED) is 0.327. The van der Waals surface area contributed by atoms with Gasteiger partial charge in [-0.1, -0.05) is 6.07 Å². The first kappa shape index (κ1) is 21.5. The van der Waals surface area contributed by atoms with E-state index in [1.807, 2.05) is 30.3 Å². The molecule has 0 aliphatic heterocycles. The lowest BCUT2D eigenvalue weighted by Gasteiger charge is -2.10. The molecule has 0 saturated heterocycles. The van der Waals surface area contributed by atoms with Crippen molar-refractivity contribution in [1.29, 1.82) is 0 Å². The van der Waals surface area contributed by atoms with Gasteiger partial charge in [0.2, 0.25) is 0 Å². The summed E-state index contributed by atoms with van der Waals surface area (Å²) in [6.07, 6.45) is 6.55. The predicted molar refractivity (Wildman–Crippen MR) is 134 cm³/mol. The van der Waals surface area contributed by atoms with Crippen LogP contribution in [0.25, 0.3) is 21.3 Å². The molecule has 168 valence electrons. The first-order valence-electron chi connectivity index (χ1n) is 10.6. The number of hydrogen-bond donors (Lipinski definition) is 3. The average molecular weight is 468 g/mol. The Morgan fingerprint density at radius 1 is 0.941 bits per heavy atom. The van der Waals surface area contributed by atoms with Gasteiger partial charge in [0, 0.05) is 40.3 Å². The number of nitrogens with one attached hydrogen (secondary N) is 2. The lowest BCUT2D eigenvalue weighted by Crippen LogP contribution is -2.24. The maximum absolute atomic E-state index is 12.7. The fraction of sp³-hybridized carbons (Fsp3) is 0.0800. The van der Waals surface area contributed by atoms with Gasteiger partial charge in [-0.15, -0.1) is 11.3 Å². The number of pyridine rings is 2. The summed E-state index contributed by atoms with van der Waals surface area (Å²) in [5.74, 6) is 0.825. The van der Waals surface area contributed by atoms with Gasteiger partial charge in [-0.3, -0.25) is 9.78 Å². The largest absolute Gasteiger partial charge is 0.383 e. The maximum atomic E-state index is 12.7. The van der Waals surface area contributed by atoms with Crippen LogP contribution in [0, 0.1) is 0 Å². The van der Waals surface area contributed by atoms with Gasteiger partial charge >= 0.3 is 0 Å². The highest BCUT2D eigenvalue weighted by Gasteiger charge is 2.13. The van der Waals surface area contributed by atoms with Gasteiger partial charge in [0.1, 0.15) is 18.0 Å². The molecule has 0 aliphatic carbocycles. The van der Waals surface area contributed by atoms with Crippen molar-refractivity contribution in [3.8, 4) is 10.4 Å². The number of nitrogens with zero attached hydrogens (tertiary/aromatic N) is 4. The normalized spacial score (nSPS) is 10.8. The van der Waals surface area contributed by atoms with Gasteiger partial charge in [-0.2, -0.15) is 0 Å². The molecule has 5 rings (SSSR count). The number of thiophene rings is 1. The number of carbonyl (C=O) groups is 1. The number of fused-ring (bicyclic) bond motifs is 1. The Morgan fingerprint density at radius 3 is 2.71 bits per heavy atom. The number of rotatable bonds is 7. The molecule has 4 heterocycles. The van der Waals surface area contributed by atoms with Crippen LogP contribution in [0.4, 0.5) is 11.6 Å². The molecule has 0 spiro atoms. The minimum absolute atomic E-state index is 0.185. The first-order valence-corrected chi connectivity index (χ1v) is 11.4. The van der Waals surface area contributed by atoms with Crippen molar-refractivity contribution in [2.75, 3.05) is 11.1 Å². The predicted octanol–water partition coefficient (Wildman–Crippen LogP) is 4.27. The van der Waals surface area contributed by atoms with Crippen molar-refractivity contribution in [3.05, 3.63) is 95.5 Å². The third-order valence-corrected chi connectivity index (χ3v) is 6.43. The Balaban J connectivity index is 1.27. The second kappa shape index (κ2) is 9.63. The van der Waals surface area contributed by atoms with E-state index in [2.05, 4.69) is 42.7 Å². The molecule has 9 heteroatoms. The highest BCUT2D eigenvalue weighted by atomic mass is 32.1. The smallest absolute Gasteiger partial charge is 0.255 e. The molecule has 34 heavy (non-hydrogen) atoms. The lowest BCUT2D eigenvalue weighted by atomic mass is 10.1. The molecular formula is C25H21N7OS. The molecule has 0 fully saturated rings. The summed E-state index contributed by atoms with van der Waals surface area (Å²) in [4.78, 5) is 31.7. The Morgan fingerprint density at radius 2 is 1.82 bits per heavy atom. The number of aromatic nitrogens is 4. The molecule has 0 atom stereocenters. The summed E-state index contributed by atoms with van der Waals surface area (Å²) in [6.45, 7) is 0.969. The average Bonchev–Trinajstić information content (AvgIpc) is 3.36. The van der Waals surface area contributed by atoms with E-state index in [9.17, 15) is 4.79 Å². The van der Waals surface area contributed by atoms with Gasteiger partial charge in [0.15, 0.2) is 0 Å². The van der Waals surface area contributed by atoms with Crippen LogP contribution >= 0.6 is 11.3 Å². The van der Waals surface area contributed by atoms with Crippen LogP contribution in [0.5, 0.6) is 0 Å². The van der Waals surface area contributed by atoms with Crippen molar-refractivity contribution >= 4 is 39.8 Å². The minimum atomic E-state index is -0.185. The monoisotopic (exact) mass is 467 g/mol. The van der Waals surface area contributed by atoms with Crippen molar-refractivity contribution in [3.63, 3.8) is 0 Å². The van der Waals surface area contributed by atoms with Crippen LogP contribution in [-0.2, 0) is 13.1 Å². The first-order chi connectivity index (χ1) is 16.7. The van der Waals surface area contributed by atoms with E-state index in [0.717, 1.165) is 31.8 Å². The van der Waals surface area contributed by atoms with Gasteiger partial charge in [0.25, 0.3) is 5.91 Å². The molecule has 0 unspecified atom stereocenters. The second-order valence-corrected chi connectivity index (χ2v) is 8.72. The van der Waals surface area contributed by atoms with E-state index in [1.54, 1.807) is 42.1 Å². The Bertz CT molecular complexity index is 1450. The van der Waals surface area contributed by atoms with E-state index in [0.29, 0.717) is 30.3 Å². The summed E-state index contributed by atoms with van der Waals surface area (Å²) in [5, 5.41) is 7.07. The van der Waals surface area contributed by atoms with E-state index < -0.39 is 0 Å². The SMILES string of the molecule is Nc1ncnc2ccc(-c3ccc(CNc4ncccc4C(=O)NCc4ccncc4)s3)cc12. The second-order valence-electron chi connectivity index (χ2n) is 7.55. The lowest BCUT2D eigenvalue weighted by molar-refractivity contribution is 0.0951. The van der Waals surface area contributed by atoms with Gasteiger partial charge in [-0.25, -0.2) is 15.0 Å². The van der Waals surface area contributed by atoms with Crippen molar-refractivity contribution in [1.82, 2.24) is 25.3 Å². The summed E-state index contributed by atoms with van der Waals surface area (Å²) in [7, 11) is 0. The van der Waals surface area contributed by atoms with E-state index in [-0.39, 0.29) is 5.91 Å². The molecule has 4 N–H and O–H groups in total. The molecule has 4 aromatic heterocycles. The summed E-state index contributed by atoms with van der Waals surface area (Å²) in [5.41, 5.74) is 9.37. The highest BCUT2D eigenvalue weighted by Crippen LogP contribution is 2.31. The summed E-state index contributed by atoms with van der Waals surface area (Å²) < 4.78 is 0. The third-order valence-electron chi connectivity index (χ3n) is 5.30. The number of hydrogen-bond acceptors (Lipinski definition) is 8. The van der Waals surface area contributed by atoms with Crippen molar-refractivity contribution < 1.29 is 4.79 Å². The summed E-state index contributed by atoms with van der Waals surface area (Å²) >= 11 is 1.66. The fourth-order valence-electron chi connectivity index (χ4n) is 3.54. The summed E-state index contributed by atoms with van der Waals surface area (Å²) in [6, 6.07) is 17.4. The van der Waals surface area contributed by atoms with Crippen LogP contribution in [0.1, 0.15) is 20.8 Å². The number of benzene rings is 1.